The molecule has 1 N–H and O–H groups in total. The van der Waals surface area contributed by atoms with Gasteiger partial charge in [0.05, 0.1) is 4.90 Å². The van der Waals surface area contributed by atoms with Crippen molar-refractivity contribution in [3.63, 3.8) is 0 Å². The first-order valence-electron chi connectivity index (χ1n) is 7.41. The van der Waals surface area contributed by atoms with Gasteiger partial charge in [-0.05, 0) is 31.5 Å². The lowest BCUT2D eigenvalue weighted by Crippen LogP contribution is -2.18. The molecule has 0 saturated heterocycles. The summed E-state index contributed by atoms with van der Waals surface area (Å²) < 4.78 is 23.0. The van der Waals surface area contributed by atoms with Crippen molar-refractivity contribution in [2.75, 3.05) is 30.1 Å². The molecule has 0 aliphatic carbocycles. The molecule has 1 aromatic heterocycles. The summed E-state index contributed by atoms with van der Waals surface area (Å²) in [4.78, 5) is 10.8. The number of nitrogens with zero attached hydrogens (tertiary/aromatic N) is 3. The van der Waals surface area contributed by atoms with Crippen molar-refractivity contribution in [1.29, 1.82) is 0 Å². The Morgan fingerprint density at radius 1 is 1.22 bits per heavy atom. The molecule has 0 aliphatic rings. The second-order valence-corrected chi connectivity index (χ2v) is 7.50. The van der Waals surface area contributed by atoms with Crippen molar-refractivity contribution in [2.24, 2.45) is 0 Å². The van der Waals surface area contributed by atoms with E-state index in [-0.39, 0.29) is 6.04 Å². The summed E-state index contributed by atoms with van der Waals surface area (Å²) in [5.74, 6) is 1.58. The van der Waals surface area contributed by atoms with E-state index < -0.39 is 9.84 Å². The van der Waals surface area contributed by atoms with Crippen LogP contribution < -0.4 is 10.2 Å². The third-order valence-corrected chi connectivity index (χ3v) is 4.82. The third-order valence-electron chi connectivity index (χ3n) is 3.69. The number of hydrogen-bond acceptors (Lipinski definition) is 6. The van der Waals surface area contributed by atoms with Crippen LogP contribution >= 0.6 is 0 Å². The molecule has 2 aromatic rings. The van der Waals surface area contributed by atoms with E-state index in [4.69, 9.17) is 0 Å². The molecule has 0 amide bonds. The highest BCUT2D eigenvalue weighted by Gasteiger charge is 2.11. The van der Waals surface area contributed by atoms with Gasteiger partial charge in [-0.2, -0.15) is 0 Å². The molecule has 7 heteroatoms. The Morgan fingerprint density at radius 3 is 2.43 bits per heavy atom. The maximum atomic E-state index is 11.5. The fourth-order valence-electron chi connectivity index (χ4n) is 2.11. The van der Waals surface area contributed by atoms with Crippen LogP contribution in [0, 0.1) is 0 Å². The van der Waals surface area contributed by atoms with Gasteiger partial charge in [-0.25, -0.2) is 18.4 Å². The minimum Gasteiger partial charge on any atom is -0.363 e. The predicted octanol–water partition coefficient (Wildman–Crippen LogP) is 2.51. The largest absolute Gasteiger partial charge is 0.363 e. The van der Waals surface area contributed by atoms with Gasteiger partial charge in [0.25, 0.3) is 0 Å². The first-order chi connectivity index (χ1) is 10.8. The zero-order valence-electron chi connectivity index (χ0n) is 13.8. The van der Waals surface area contributed by atoms with E-state index in [1.165, 1.54) is 12.6 Å². The molecule has 1 atom stereocenters. The van der Waals surface area contributed by atoms with Gasteiger partial charge < -0.3 is 10.2 Å². The zero-order chi connectivity index (χ0) is 17.0. The molecule has 1 heterocycles. The van der Waals surface area contributed by atoms with Gasteiger partial charge in [-0.15, -0.1) is 0 Å². The van der Waals surface area contributed by atoms with Crippen LogP contribution in [0.4, 0.5) is 11.6 Å². The highest BCUT2D eigenvalue weighted by atomic mass is 32.2. The Labute approximate surface area is 137 Å². The van der Waals surface area contributed by atoms with Gasteiger partial charge in [0.1, 0.15) is 18.0 Å². The molecule has 2 rings (SSSR count). The maximum Gasteiger partial charge on any atom is 0.175 e. The minimum absolute atomic E-state index is 0.00158. The molecular weight excluding hydrogens is 312 g/mol. The monoisotopic (exact) mass is 334 g/mol. The van der Waals surface area contributed by atoms with E-state index >= 15 is 0 Å². The van der Waals surface area contributed by atoms with E-state index in [9.17, 15) is 8.42 Å². The second kappa shape index (κ2) is 6.95. The molecule has 0 aliphatic heterocycles. The number of anilines is 2. The molecule has 23 heavy (non-hydrogen) atoms. The molecule has 0 radical (unpaired) electrons. The average molecular weight is 334 g/mol. The highest BCUT2D eigenvalue weighted by molar-refractivity contribution is 7.90. The number of nitrogens with one attached hydrogen (secondary N) is 1. The number of benzene rings is 1. The summed E-state index contributed by atoms with van der Waals surface area (Å²) in [6.07, 6.45) is 2.74. The second-order valence-electron chi connectivity index (χ2n) is 5.48. The first-order valence-corrected chi connectivity index (χ1v) is 9.30. The fraction of sp³-hybridized carbons (Fsp3) is 0.375. The Hall–Kier alpha value is -2.15. The smallest absolute Gasteiger partial charge is 0.175 e. The summed E-state index contributed by atoms with van der Waals surface area (Å²) in [6.45, 7) is 4.92. The normalized spacial score (nSPS) is 12.7. The summed E-state index contributed by atoms with van der Waals surface area (Å²) in [7, 11) is -1.20. The number of rotatable bonds is 6. The van der Waals surface area contributed by atoms with E-state index in [0.717, 1.165) is 23.7 Å². The van der Waals surface area contributed by atoms with Crippen LogP contribution in [0.1, 0.15) is 25.5 Å². The molecule has 0 fully saturated rings. The van der Waals surface area contributed by atoms with Crippen molar-refractivity contribution in [1.82, 2.24) is 9.97 Å². The summed E-state index contributed by atoms with van der Waals surface area (Å²) in [6, 6.07) is 8.77. The highest BCUT2D eigenvalue weighted by Crippen LogP contribution is 2.21. The van der Waals surface area contributed by atoms with Crippen molar-refractivity contribution in [3.8, 4) is 0 Å². The SMILES string of the molecule is CCN(C)c1cc(NC(C)c2ccc(S(C)(=O)=O)cc2)ncn1. The van der Waals surface area contributed by atoms with Crippen LogP contribution in [0.25, 0.3) is 0 Å². The number of hydrogen-bond donors (Lipinski definition) is 1. The maximum absolute atomic E-state index is 11.5. The van der Waals surface area contributed by atoms with Crippen LogP contribution in [0.15, 0.2) is 41.6 Å². The van der Waals surface area contributed by atoms with Crippen LogP contribution in [0.5, 0.6) is 0 Å². The Morgan fingerprint density at radius 2 is 1.87 bits per heavy atom. The Balaban J connectivity index is 2.14. The van der Waals surface area contributed by atoms with Gasteiger partial charge in [0, 0.05) is 32.0 Å². The summed E-state index contributed by atoms with van der Waals surface area (Å²) >= 11 is 0. The van der Waals surface area contributed by atoms with Crippen LogP contribution in [-0.2, 0) is 9.84 Å². The molecule has 1 unspecified atom stereocenters. The van der Waals surface area contributed by atoms with Crippen LogP contribution in [-0.4, -0.2) is 38.2 Å². The van der Waals surface area contributed by atoms with E-state index in [2.05, 4.69) is 22.2 Å². The standard InChI is InChI=1S/C16H22N4O2S/c1-5-20(3)16-10-15(17-11-18-16)19-12(2)13-6-8-14(9-7-13)23(4,21)22/h6-12H,5H2,1-4H3,(H,17,18,19). The van der Waals surface area contributed by atoms with Gasteiger partial charge >= 0.3 is 0 Å². The first kappa shape index (κ1) is 17.2. The van der Waals surface area contributed by atoms with Crippen molar-refractivity contribution in [2.45, 2.75) is 24.8 Å². The molecular formula is C16H22N4O2S. The van der Waals surface area contributed by atoms with E-state index in [1.807, 2.05) is 37.1 Å². The Kier molecular flexibility index (Phi) is 5.20. The number of aromatic nitrogens is 2. The van der Waals surface area contributed by atoms with Gasteiger partial charge in [0.2, 0.25) is 0 Å². The van der Waals surface area contributed by atoms with Crippen molar-refractivity contribution in [3.05, 3.63) is 42.2 Å². The molecule has 6 nitrogen and oxygen atoms in total. The minimum atomic E-state index is -3.17. The molecule has 124 valence electrons. The lowest BCUT2D eigenvalue weighted by atomic mass is 10.1. The lowest BCUT2D eigenvalue weighted by molar-refractivity contribution is 0.602. The summed E-state index contributed by atoms with van der Waals surface area (Å²) in [5, 5.41) is 3.31. The third kappa shape index (κ3) is 4.41. The molecule has 0 bridgehead atoms. The van der Waals surface area contributed by atoms with Gasteiger partial charge in [-0.3, -0.25) is 0 Å². The van der Waals surface area contributed by atoms with Crippen molar-refractivity contribution < 1.29 is 8.42 Å². The topological polar surface area (TPSA) is 75.2 Å². The van der Waals surface area contributed by atoms with E-state index in [1.54, 1.807) is 12.1 Å². The van der Waals surface area contributed by atoms with E-state index in [0.29, 0.717) is 4.90 Å². The average Bonchev–Trinajstić information content (AvgIpc) is 2.53. The van der Waals surface area contributed by atoms with Gasteiger partial charge in [0.15, 0.2) is 9.84 Å². The number of sulfone groups is 1. The Bertz CT molecular complexity index is 760. The van der Waals surface area contributed by atoms with Crippen molar-refractivity contribution >= 4 is 21.5 Å². The zero-order valence-corrected chi connectivity index (χ0v) is 14.6. The van der Waals surface area contributed by atoms with Crippen LogP contribution in [0.2, 0.25) is 0 Å². The quantitative estimate of drug-likeness (QED) is 0.875. The lowest BCUT2D eigenvalue weighted by Gasteiger charge is -2.18. The predicted molar refractivity (Wildman–Crippen MR) is 92.6 cm³/mol. The molecule has 1 aromatic carbocycles. The molecule has 0 saturated carbocycles. The molecule has 0 spiro atoms. The van der Waals surface area contributed by atoms with Crippen LogP contribution in [0.3, 0.4) is 0 Å². The van der Waals surface area contributed by atoms with Gasteiger partial charge in [-0.1, -0.05) is 12.1 Å². The summed E-state index contributed by atoms with van der Waals surface area (Å²) in [5.41, 5.74) is 0.987. The fourth-order valence-corrected chi connectivity index (χ4v) is 2.74.